The molecule has 0 saturated heterocycles. The molecule has 2 aromatic carbocycles. The van der Waals surface area contributed by atoms with Crippen molar-refractivity contribution in [2.24, 2.45) is 29.4 Å². The van der Waals surface area contributed by atoms with E-state index >= 15 is 0 Å². The van der Waals surface area contributed by atoms with Gasteiger partial charge < -0.3 is 36.2 Å². The third kappa shape index (κ3) is 4.70. The fourth-order valence-electron chi connectivity index (χ4n) is 7.34. The van der Waals surface area contributed by atoms with Crippen molar-refractivity contribution >= 4 is 40.5 Å². The van der Waals surface area contributed by atoms with Crippen LogP contribution in [-0.2, 0) is 32.0 Å². The molecule has 12 nitrogen and oxygen atoms in total. The van der Waals surface area contributed by atoms with Gasteiger partial charge in [0.2, 0.25) is 11.8 Å². The molecule has 3 aliphatic rings. The van der Waals surface area contributed by atoms with E-state index in [0.29, 0.717) is 11.3 Å². The Balaban J connectivity index is 1.58. The van der Waals surface area contributed by atoms with Crippen LogP contribution in [0.2, 0.25) is 0 Å². The number of amides is 2. The first-order valence-electron chi connectivity index (χ1n) is 14.1. The Bertz CT molecular complexity index is 1520. The molecule has 2 amide bonds. The van der Waals surface area contributed by atoms with Gasteiger partial charge >= 0.3 is 0 Å². The second-order valence-corrected chi connectivity index (χ2v) is 12.2. The number of hydrogen-bond donors (Lipinski definition) is 5. The fourth-order valence-corrected chi connectivity index (χ4v) is 7.34. The predicted octanol–water partition coefficient (Wildman–Crippen LogP) is -0.0940. The largest absolute Gasteiger partial charge is 0.505 e. The molecule has 0 radical (unpaired) electrons. The zero-order chi connectivity index (χ0) is 31.5. The monoisotopic (exact) mass is 592 g/mol. The van der Waals surface area contributed by atoms with Crippen LogP contribution in [0.4, 0.5) is 11.4 Å². The summed E-state index contributed by atoms with van der Waals surface area (Å²) in [7, 11) is 6.67. The summed E-state index contributed by atoms with van der Waals surface area (Å²) in [6.45, 7) is 0. The minimum absolute atomic E-state index is 0.0123. The number of Topliss-reactive ketones (excluding diaryl/α,β-unsaturated/α-hetero) is 3. The van der Waals surface area contributed by atoms with Gasteiger partial charge in [-0.15, -0.1) is 0 Å². The standard InChI is InChI=1S/C31H36N4O8/c1-34(2)19-13-18(33-20(36)10-14-8-6-5-7-9-14)25(37)22-16(19)11-15-12-17-24(35(3)4)27(39)23(30(32)42)29(41)31(17,43)28(40)21(15)26(22)38/h5-9,13,15,17,21,23-24,27,37,39,43H,10-12H2,1-4H3,(H2,32,42)(H,33,36)/t15-,17-,21?,23?,24-,27?,31-/m1/s1. The number of nitrogens with one attached hydrogen (secondary N) is 1. The molecule has 2 aromatic rings. The Morgan fingerprint density at radius 1 is 1.07 bits per heavy atom. The molecule has 0 bridgehead atoms. The molecule has 2 saturated carbocycles. The van der Waals surface area contributed by atoms with E-state index in [-0.39, 0.29) is 30.5 Å². The van der Waals surface area contributed by atoms with Crippen LogP contribution in [0.1, 0.15) is 27.9 Å². The molecule has 0 aliphatic heterocycles. The van der Waals surface area contributed by atoms with Gasteiger partial charge in [0, 0.05) is 31.7 Å². The van der Waals surface area contributed by atoms with Gasteiger partial charge in [-0.3, -0.25) is 24.0 Å². The number of fused-ring (bicyclic) bond motifs is 3. The maximum Gasteiger partial charge on any atom is 0.230 e. The molecule has 43 heavy (non-hydrogen) atoms. The average molecular weight is 593 g/mol. The van der Waals surface area contributed by atoms with Crippen molar-refractivity contribution in [2.45, 2.75) is 37.0 Å². The number of likely N-dealkylation sites (N-methyl/N-ethyl adjacent to an activating group) is 1. The molecule has 5 rings (SSSR count). The number of anilines is 2. The summed E-state index contributed by atoms with van der Waals surface area (Å²) in [5.41, 5.74) is 4.24. The maximum absolute atomic E-state index is 14.1. The lowest BCUT2D eigenvalue weighted by molar-refractivity contribution is -0.190. The molecule has 6 N–H and O–H groups in total. The molecular weight excluding hydrogens is 556 g/mol. The van der Waals surface area contributed by atoms with Crippen molar-refractivity contribution in [3.8, 4) is 5.75 Å². The van der Waals surface area contributed by atoms with Crippen LogP contribution in [0, 0.1) is 23.7 Å². The average Bonchev–Trinajstić information content (AvgIpc) is 2.92. The smallest absolute Gasteiger partial charge is 0.230 e. The summed E-state index contributed by atoms with van der Waals surface area (Å²) in [4.78, 5) is 70.1. The summed E-state index contributed by atoms with van der Waals surface area (Å²) >= 11 is 0. The molecule has 228 valence electrons. The van der Waals surface area contributed by atoms with Crippen LogP contribution < -0.4 is 16.0 Å². The number of carbonyl (C=O) groups excluding carboxylic acids is 5. The Labute approximate surface area is 248 Å². The van der Waals surface area contributed by atoms with Gasteiger partial charge in [0.15, 0.2) is 23.0 Å². The van der Waals surface area contributed by atoms with E-state index < -0.39 is 76.3 Å². The second kappa shape index (κ2) is 10.9. The summed E-state index contributed by atoms with van der Waals surface area (Å²) in [6, 6.07) is 9.56. The van der Waals surface area contributed by atoms with E-state index in [9.17, 15) is 39.3 Å². The molecule has 3 unspecified atom stereocenters. The summed E-state index contributed by atoms with van der Waals surface area (Å²) in [6.07, 6.45) is -1.39. The number of benzene rings is 2. The van der Waals surface area contributed by atoms with Crippen LogP contribution in [0.15, 0.2) is 36.4 Å². The third-order valence-corrected chi connectivity index (χ3v) is 9.23. The number of phenolic OH excluding ortho intramolecular Hbond substituents is 1. The van der Waals surface area contributed by atoms with Crippen molar-refractivity contribution in [1.82, 2.24) is 4.90 Å². The molecule has 12 heteroatoms. The van der Waals surface area contributed by atoms with Crippen LogP contribution in [0.3, 0.4) is 0 Å². The minimum Gasteiger partial charge on any atom is -0.505 e. The number of rotatable bonds is 6. The van der Waals surface area contributed by atoms with Crippen LogP contribution >= 0.6 is 0 Å². The third-order valence-electron chi connectivity index (χ3n) is 9.23. The number of hydrogen-bond acceptors (Lipinski definition) is 10. The first-order valence-corrected chi connectivity index (χ1v) is 14.1. The highest BCUT2D eigenvalue weighted by molar-refractivity contribution is 6.26. The van der Waals surface area contributed by atoms with E-state index in [4.69, 9.17) is 5.73 Å². The van der Waals surface area contributed by atoms with Gasteiger partial charge in [-0.05, 0) is 50.0 Å². The molecule has 3 aliphatic carbocycles. The first-order chi connectivity index (χ1) is 20.2. The van der Waals surface area contributed by atoms with Crippen molar-refractivity contribution < 1.29 is 39.3 Å². The molecule has 0 heterocycles. The number of aromatic hydroxyl groups is 1. The maximum atomic E-state index is 14.1. The van der Waals surface area contributed by atoms with Crippen LogP contribution in [0.5, 0.6) is 5.75 Å². The van der Waals surface area contributed by atoms with Crippen molar-refractivity contribution in [2.75, 3.05) is 38.4 Å². The van der Waals surface area contributed by atoms with E-state index in [2.05, 4.69) is 5.32 Å². The molecule has 7 atom stereocenters. The van der Waals surface area contributed by atoms with Crippen molar-refractivity contribution in [1.29, 1.82) is 0 Å². The van der Waals surface area contributed by atoms with Gasteiger partial charge in [0.05, 0.1) is 29.7 Å². The van der Waals surface area contributed by atoms with Gasteiger partial charge in [0.25, 0.3) is 0 Å². The lowest BCUT2D eigenvalue weighted by atomic mass is 9.52. The highest BCUT2D eigenvalue weighted by atomic mass is 16.3. The second-order valence-electron chi connectivity index (χ2n) is 12.2. The Kier molecular flexibility index (Phi) is 7.66. The quantitative estimate of drug-likeness (QED) is 0.224. The minimum atomic E-state index is -2.75. The van der Waals surface area contributed by atoms with Crippen molar-refractivity contribution in [3.05, 3.63) is 53.1 Å². The number of phenols is 1. The highest BCUT2D eigenvalue weighted by Gasteiger charge is 2.69. The topological polar surface area (TPSA) is 191 Å². The highest BCUT2D eigenvalue weighted by Crippen LogP contribution is 2.53. The molecule has 0 aromatic heterocycles. The number of primary amides is 1. The van der Waals surface area contributed by atoms with E-state index in [1.54, 1.807) is 63.4 Å². The van der Waals surface area contributed by atoms with Crippen LogP contribution in [0.25, 0.3) is 0 Å². The van der Waals surface area contributed by atoms with Gasteiger partial charge in [0.1, 0.15) is 11.7 Å². The van der Waals surface area contributed by atoms with Gasteiger partial charge in [-0.2, -0.15) is 0 Å². The molecular formula is C31H36N4O8. The van der Waals surface area contributed by atoms with E-state index in [0.717, 1.165) is 5.56 Å². The van der Waals surface area contributed by atoms with Crippen LogP contribution in [-0.4, -0.2) is 95.3 Å². The fraction of sp³-hybridized carbons (Fsp3) is 0.452. The number of ketones is 3. The number of nitrogens with two attached hydrogens (primary N) is 1. The van der Waals surface area contributed by atoms with Crippen molar-refractivity contribution in [3.63, 3.8) is 0 Å². The number of carbonyl (C=O) groups is 5. The Morgan fingerprint density at radius 2 is 1.72 bits per heavy atom. The normalized spacial score (nSPS) is 29.9. The Hall–Kier alpha value is -4.13. The number of aliphatic hydroxyl groups is 2. The zero-order valence-electron chi connectivity index (χ0n) is 24.4. The lowest BCUT2D eigenvalue weighted by Crippen LogP contribution is -2.75. The lowest BCUT2D eigenvalue weighted by Gasteiger charge is -2.55. The summed E-state index contributed by atoms with van der Waals surface area (Å²) in [5, 5.41) is 36.8. The van der Waals surface area contributed by atoms with Gasteiger partial charge in [-0.1, -0.05) is 30.3 Å². The zero-order valence-corrected chi connectivity index (χ0v) is 24.4. The van der Waals surface area contributed by atoms with E-state index in [1.807, 2.05) is 6.07 Å². The molecule has 2 fully saturated rings. The first kappa shape index (κ1) is 30.3. The Morgan fingerprint density at radius 3 is 2.30 bits per heavy atom. The predicted molar refractivity (Wildman–Crippen MR) is 155 cm³/mol. The van der Waals surface area contributed by atoms with Gasteiger partial charge in [-0.25, -0.2) is 0 Å². The summed E-state index contributed by atoms with van der Waals surface area (Å²) in [5.74, 6) is -10.4. The number of aliphatic hydroxyl groups excluding tert-OH is 1. The SMILES string of the molecule is CN(C)c1cc(NC(=O)Cc2ccccc2)c(O)c2c1C[C@@H]1C[C@@H]3[C@@H](N(C)C)C(O)C(C(N)=O)C(=O)[C@]3(O)C(=O)C1C2=O. The molecule has 0 spiro atoms. The summed E-state index contributed by atoms with van der Waals surface area (Å²) < 4.78 is 0. The number of nitrogens with zero attached hydrogens (tertiary/aromatic N) is 2. The van der Waals surface area contributed by atoms with E-state index in [1.165, 1.54) is 4.90 Å².